The molecule has 0 heterocycles. The fraction of sp³-hybridized carbons (Fsp3) is 0.400. The highest BCUT2D eigenvalue weighted by Crippen LogP contribution is 2.24. The highest BCUT2D eigenvalue weighted by molar-refractivity contribution is 7.23. The maximum absolute atomic E-state index is 5.82. The van der Waals surface area contributed by atoms with E-state index in [-0.39, 0.29) is 0 Å². The van der Waals surface area contributed by atoms with E-state index in [1.807, 2.05) is 6.92 Å². The van der Waals surface area contributed by atoms with E-state index in [4.69, 9.17) is 5.73 Å². The van der Waals surface area contributed by atoms with Gasteiger partial charge in [0.05, 0.1) is 0 Å². The van der Waals surface area contributed by atoms with Gasteiger partial charge in [-0.3, -0.25) is 0 Å². The summed E-state index contributed by atoms with van der Waals surface area (Å²) in [6.45, 7) is 11.9. The third kappa shape index (κ3) is 2.83. The third-order valence-electron chi connectivity index (χ3n) is 1.90. The van der Waals surface area contributed by atoms with Crippen molar-refractivity contribution in [2.75, 3.05) is 0 Å². The van der Waals surface area contributed by atoms with E-state index in [0.29, 0.717) is 0 Å². The molecular weight excluding hydrogens is 165 g/mol. The van der Waals surface area contributed by atoms with Gasteiger partial charge in [0.15, 0.2) is 0 Å². The van der Waals surface area contributed by atoms with Crippen LogP contribution in [-0.2, 0) is 0 Å². The lowest BCUT2D eigenvalue weighted by Crippen LogP contribution is -2.01. The molecule has 0 saturated heterocycles. The van der Waals surface area contributed by atoms with Crippen LogP contribution in [-0.4, -0.2) is 0 Å². The summed E-state index contributed by atoms with van der Waals surface area (Å²) in [5, 5.41) is 1.06. The lowest BCUT2D eigenvalue weighted by molar-refractivity contribution is 1.22. The van der Waals surface area contributed by atoms with Crippen LogP contribution in [0, 0.1) is 0 Å². The first-order chi connectivity index (χ1) is 5.37. The molecule has 0 amide bonds. The summed E-state index contributed by atoms with van der Waals surface area (Å²) >= 11 is 0. The van der Waals surface area contributed by atoms with Gasteiger partial charge in [0.25, 0.3) is 0 Å². The van der Waals surface area contributed by atoms with Gasteiger partial charge in [-0.05, 0) is 44.2 Å². The number of nitrogens with two attached hydrogens (primary N) is 1. The summed E-state index contributed by atoms with van der Waals surface area (Å²) in [6.07, 6.45) is 0. The van der Waals surface area contributed by atoms with E-state index < -0.39 is 0 Å². The Kier molecular flexibility index (Phi) is 4.26. The predicted octanol–water partition coefficient (Wildman–Crippen LogP) is 2.96. The molecule has 0 bridgehead atoms. The van der Waals surface area contributed by atoms with Gasteiger partial charge >= 0.3 is 0 Å². The van der Waals surface area contributed by atoms with Gasteiger partial charge in [0.2, 0.25) is 0 Å². The van der Waals surface area contributed by atoms with Crippen molar-refractivity contribution >= 4 is 9.24 Å². The minimum absolute atomic E-state index is 0.777. The first kappa shape index (κ1) is 11.4. The normalized spacial score (nSPS) is 12.1. The quantitative estimate of drug-likeness (QED) is 0.517. The highest BCUT2D eigenvalue weighted by Gasteiger charge is 2.01. The average Bonchev–Trinajstić information content (AvgIpc) is 2.00. The minimum atomic E-state index is 0.777. The molecule has 2 heteroatoms. The van der Waals surface area contributed by atoms with Gasteiger partial charge in [-0.15, -0.1) is 9.24 Å². The summed E-state index contributed by atoms with van der Waals surface area (Å²) in [7, 11) is 2.66. The predicted molar refractivity (Wildman–Crippen MR) is 59.8 cm³/mol. The Balaban J connectivity index is 5.06. The zero-order valence-electron chi connectivity index (χ0n) is 8.36. The number of allylic oxidation sites excluding steroid dienone is 4. The van der Waals surface area contributed by atoms with Crippen LogP contribution in [0.25, 0.3) is 0 Å². The molecule has 1 unspecified atom stereocenters. The Labute approximate surface area is 77.6 Å². The van der Waals surface area contributed by atoms with Gasteiger partial charge < -0.3 is 5.73 Å². The lowest BCUT2D eigenvalue weighted by atomic mass is 10.1. The first-order valence-corrected chi connectivity index (χ1v) is 4.51. The zero-order chi connectivity index (χ0) is 9.89. The Morgan fingerprint density at radius 3 is 1.83 bits per heavy atom. The van der Waals surface area contributed by atoms with E-state index >= 15 is 0 Å². The van der Waals surface area contributed by atoms with Crippen LogP contribution in [0.3, 0.4) is 0 Å². The molecule has 12 heavy (non-hydrogen) atoms. The van der Waals surface area contributed by atoms with Crippen LogP contribution in [0.1, 0.15) is 27.7 Å². The minimum Gasteiger partial charge on any atom is -0.398 e. The van der Waals surface area contributed by atoms with Gasteiger partial charge in [-0.1, -0.05) is 12.2 Å². The molecule has 68 valence electrons. The van der Waals surface area contributed by atoms with Crippen molar-refractivity contribution < 1.29 is 0 Å². The van der Waals surface area contributed by atoms with Crippen molar-refractivity contribution in [3.63, 3.8) is 0 Å². The molecule has 0 radical (unpaired) electrons. The molecule has 0 saturated carbocycles. The Hall–Kier alpha value is -0.550. The first-order valence-electron chi connectivity index (χ1n) is 3.93. The molecule has 0 aliphatic rings. The second-order valence-corrected chi connectivity index (χ2v) is 3.81. The largest absolute Gasteiger partial charge is 0.398 e. The van der Waals surface area contributed by atoms with E-state index in [1.165, 1.54) is 11.1 Å². The van der Waals surface area contributed by atoms with Crippen LogP contribution < -0.4 is 5.73 Å². The van der Waals surface area contributed by atoms with Gasteiger partial charge in [0, 0.05) is 5.70 Å². The van der Waals surface area contributed by atoms with Crippen molar-refractivity contribution in [2.45, 2.75) is 27.7 Å². The fourth-order valence-electron chi connectivity index (χ4n) is 0.701. The Morgan fingerprint density at radius 2 is 1.58 bits per heavy atom. The average molecular weight is 183 g/mol. The van der Waals surface area contributed by atoms with Crippen LogP contribution in [0.15, 0.2) is 34.3 Å². The van der Waals surface area contributed by atoms with Crippen molar-refractivity contribution in [1.29, 1.82) is 0 Å². The van der Waals surface area contributed by atoms with Crippen molar-refractivity contribution in [3.8, 4) is 0 Å². The fourth-order valence-corrected chi connectivity index (χ4v) is 1.24. The van der Waals surface area contributed by atoms with Crippen molar-refractivity contribution in [3.05, 3.63) is 34.3 Å². The standard InChI is InChI=1S/C10H18NP/c1-6(2)8(5)10(12)9(11)7(3)4/h3,11-12H2,1-2,4-5H3/b10-9-. The summed E-state index contributed by atoms with van der Waals surface area (Å²) in [5.74, 6) is 0. The molecule has 0 rings (SSSR count). The summed E-state index contributed by atoms with van der Waals surface area (Å²) in [6, 6.07) is 0. The monoisotopic (exact) mass is 183 g/mol. The molecule has 1 atom stereocenters. The SMILES string of the molecule is C=C(C)/C(N)=C(/P)C(C)=C(C)C. The third-order valence-corrected chi connectivity index (χ3v) is 2.65. The second-order valence-electron chi connectivity index (χ2n) is 3.23. The topological polar surface area (TPSA) is 26.0 Å². The molecule has 0 aliphatic carbocycles. The molecule has 0 aromatic rings. The number of hydrogen-bond donors (Lipinski definition) is 1. The lowest BCUT2D eigenvalue weighted by Gasteiger charge is -2.09. The zero-order valence-corrected chi connectivity index (χ0v) is 9.52. The number of rotatable bonds is 2. The summed E-state index contributed by atoms with van der Waals surface area (Å²) in [4.78, 5) is 0. The Bertz CT molecular complexity index is 255. The van der Waals surface area contributed by atoms with Gasteiger partial charge in [-0.2, -0.15) is 0 Å². The van der Waals surface area contributed by atoms with E-state index in [9.17, 15) is 0 Å². The molecule has 0 aromatic carbocycles. The van der Waals surface area contributed by atoms with Crippen molar-refractivity contribution in [1.82, 2.24) is 0 Å². The molecule has 2 N–H and O–H groups in total. The molecule has 0 aromatic heterocycles. The molecule has 0 spiro atoms. The van der Waals surface area contributed by atoms with E-state index in [0.717, 1.165) is 16.6 Å². The molecule has 0 fully saturated rings. The molecule has 1 nitrogen and oxygen atoms in total. The summed E-state index contributed by atoms with van der Waals surface area (Å²) in [5.41, 5.74) is 10.0. The molecular formula is C10H18NP. The maximum atomic E-state index is 5.82. The van der Waals surface area contributed by atoms with Crippen LogP contribution in [0.4, 0.5) is 0 Å². The maximum Gasteiger partial charge on any atom is 0.0413 e. The number of hydrogen-bond acceptors (Lipinski definition) is 1. The Morgan fingerprint density at radius 1 is 1.17 bits per heavy atom. The van der Waals surface area contributed by atoms with E-state index in [2.05, 4.69) is 36.6 Å². The van der Waals surface area contributed by atoms with Crippen LogP contribution >= 0.6 is 9.24 Å². The van der Waals surface area contributed by atoms with Gasteiger partial charge in [-0.25, -0.2) is 0 Å². The second kappa shape index (κ2) is 4.47. The highest BCUT2D eigenvalue weighted by atomic mass is 31.0. The molecule has 0 aliphatic heterocycles. The van der Waals surface area contributed by atoms with Crippen molar-refractivity contribution in [2.24, 2.45) is 5.73 Å². The van der Waals surface area contributed by atoms with Crippen LogP contribution in [0.2, 0.25) is 0 Å². The smallest absolute Gasteiger partial charge is 0.0413 e. The summed E-state index contributed by atoms with van der Waals surface area (Å²) < 4.78 is 0. The van der Waals surface area contributed by atoms with Gasteiger partial charge in [0.1, 0.15) is 0 Å². The van der Waals surface area contributed by atoms with E-state index in [1.54, 1.807) is 0 Å². The van der Waals surface area contributed by atoms with Crippen LogP contribution in [0.5, 0.6) is 0 Å².